The van der Waals surface area contributed by atoms with Crippen LogP contribution in [0, 0.1) is 5.41 Å². The number of ketones is 1. The Morgan fingerprint density at radius 1 is 1.28 bits per heavy atom. The monoisotopic (exact) mass is 245 g/mol. The third-order valence-electron chi connectivity index (χ3n) is 4.39. The Labute approximate surface area is 107 Å². The van der Waals surface area contributed by atoms with Crippen LogP contribution in [0.2, 0.25) is 0 Å². The summed E-state index contributed by atoms with van der Waals surface area (Å²) in [5.74, 6) is 0.211. The highest BCUT2D eigenvalue weighted by atomic mass is 16.1. The normalized spacial score (nSPS) is 26.3. The molecule has 1 spiro atoms. The predicted molar refractivity (Wildman–Crippen MR) is 69.5 cm³/mol. The second-order valence-corrected chi connectivity index (χ2v) is 5.36. The summed E-state index contributed by atoms with van der Waals surface area (Å²) < 4.78 is 0. The van der Waals surface area contributed by atoms with Gasteiger partial charge >= 0.3 is 0 Å². The van der Waals surface area contributed by atoms with Crippen molar-refractivity contribution in [2.45, 2.75) is 25.3 Å². The van der Waals surface area contributed by atoms with E-state index in [0.29, 0.717) is 0 Å². The van der Waals surface area contributed by atoms with Crippen LogP contribution >= 0.6 is 0 Å². The summed E-state index contributed by atoms with van der Waals surface area (Å²) in [4.78, 5) is 16.6. The van der Waals surface area contributed by atoms with Gasteiger partial charge in [0.05, 0.1) is 6.04 Å². The second-order valence-electron chi connectivity index (χ2n) is 5.36. The van der Waals surface area contributed by atoms with Crippen LogP contribution in [0.25, 0.3) is 0 Å². The van der Waals surface area contributed by atoms with Crippen LogP contribution in [0.1, 0.15) is 29.6 Å². The number of pyridine rings is 1. The molecular formula is C14H19N3O. The molecule has 0 aromatic carbocycles. The van der Waals surface area contributed by atoms with E-state index < -0.39 is 0 Å². The minimum absolute atomic E-state index is 0.0243. The average Bonchev–Trinajstić information content (AvgIpc) is 2.83. The van der Waals surface area contributed by atoms with Gasteiger partial charge in [0.25, 0.3) is 0 Å². The maximum atomic E-state index is 12.6. The number of piperidine rings is 1. The van der Waals surface area contributed by atoms with Crippen molar-refractivity contribution in [3.8, 4) is 0 Å². The van der Waals surface area contributed by atoms with Crippen LogP contribution in [0.4, 0.5) is 0 Å². The molecule has 0 radical (unpaired) electrons. The molecule has 3 rings (SSSR count). The first-order chi connectivity index (χ1) is 8.82. The summed E-state index contributed by atoms with van der Waals surface area (Å²) in [5.41, 5.74) is 0.896. The first-order valence-corrected chi connectivity index (χ1v) is 6.70. The van der Waals surface area contributed by atoms with Crippen molar-refractivity contribution in [3.63, 3.8) is 0 Å². The molecule has 2 aliphatic heterocycles. The highest BCUT2D eigenvalue weighted by Crippen LogP contribution is 2.40. The highest BCUT2D eigenvalue weighted by molar-refractivity contribution is 6.00. The molecule has 18 heavy (non-hydrogen) atoms. The molecule has 1 atom stereocenters. The lowest BCUT2D eigenvalue weighted by Crippen LogP contribution is -2.48. The third-order valence-corrected chi connectivity index (χ3v) is 4.39. The minimum atomic E-state index is -0.0243. The van der Waals surface area contributed by atoms with Crippen molar-refractivity contribution < 1.29 is 4.79 Å². The minimum Gasteiger partial charge on any atom is -0.317 e. The first kappa shape index (κ1) is 11.8. The van der Waals surface area contributed by atoms with Crippen LogP contribution in [0.15, 0.2) is 24.5 Å². The molecular weight excluding hydrogens is 226 g/mol. The molecule has 4 heteroatoms. The number of aromatic nitrogens is 1. The Hall–Kier alpha value is -1.26. The average molecular weight is 245 g/mol. The number of Topliss-reactive ketones (excluding diaryl/α,β-unsaturated/α-hetero) is 1. The smallest absolute Gasteiger partial charge is 0.181 e. The number of hydrogen-bond acceptors (Lipinski definition) is 4. The van der Waals surface area contributed by atoms with Gasteiger partial charge in [0.15, 0.2) is 5.78 Å². The quantitative estimate of drug-likeness (QED) is 0.763. The Balaban J connectivity index is 1.84. The molecule has 0 bridgehead atoms. The van der Waals surface area contributed by atoms with E-state index >= 15 is 0 Å². The van der Waals surface area contributed by atoms with E-state index in [0.717, 1.165) is 44.5 Å². The summed E-state index contributed by atoms with van der Waals surface area (Å²) >= 11 is 0. The fourth-order valence-electron chi connectivity index (χ4n) is 3.34. The lowest BCUT2D eigenvalue weighted by molar-refractivity contribution is 0.0825. The van der Waals surface area contributed by atoms with Gasteiger partial charge in [0.2, 0.25) is 0 Å². The van der Waals surface area contributed by atoms with Crippen LogP contribution in [-0.4, -0.2) is 36.4 Å². The number of nitrogens with one attached hydrogen (secondary N) is 2. The molecule has 1 aromatic rings. The SMILES string of the molecule is O=C(c1cccnc1)C1NCCC12CCNCC2. The zero-order chi connectivity index (χ0) is 12.4. The maximum Gasteiger partial charge on any atom is 0.181 e. The molecule has 0 amide bonds. The van der Waals surface area contributed by atoms with Gasteiger partial charge in [0.1, 0.15) is 0 Å². The number of hydrogen-bond donors (Lipinski definition) is 2. The Morgan fingerprint density at radius 2 is 2.06 bits per heavy atom. The van der Waals surface area contributed by atoms with Gasteiger partial charge in [-0.2, -0.15) is 0 Å². The van der Waals surface area contributed by atoms with E-state index in [1.165, 1.54) is 0 Å². The second kappa shape index (κ2) is 4.78. The lowest BCUT2D eigenvalue weighted by Gasteiger charge is -2.38. The lowest BCUT2D eigenvalue weighted by atomic mass is 9.71. The number of carbonyl (C=O) groups is 1. The zero-order valence-corrected chi connectivity index (χ0v) is 10.5. The number of nitrogens with zero attached hydrogens (tertiary/aromatic N) is 1. The largest absolute Gasteiger partial charge is 0.317 e. The third kappa shape index (κ3) is 1.95. The van der Waals surface area contributed by atoms with Gasteiger partial charge in [-0.05, 0) is 56.4 Å². The van der Waals surface area contributed by atoms with Crippen molar-refractivity contribution in [2.75, 3.05) is 19.6 Å². The standard InChI is InChI=1S/C14H19N3O/c18-12(11-2-1-6-16-10-11)13-14(5-9-17-13)3-7-15-8-4-14/h1-2,6,10,13,15,17H,3-5,7-9H2. The van der Waals surface area contributed by atoms with Gasteiger partial charge in [-0.25, -0.2) is 0 Å². The summed E-state index contributed by atoms with van der Waals surface area (Å²) in [6.45, 7) is 3.01. The van der Waals surface area contributed by atoms with Crippen molar-refractivity contribution in [1.82, 2.24) is 15.6 Å². The van der Waals surface area contributed by atoms with Crippen molar-refractivity contribution in [1.29, 1.82) is 0 Å². The molecule has 3 heterocycles. The van der Waals surface area contributed by atoms with Crippen LogP contribution < -0.4 is 10.6 Å². The van der Waals surface area contributed by atoms with E-state index in [1.54, 1.807) is 12.4 Å². The summed E-state index contributed by atoms with van der Waals surface area (Å²) in [6, 6.07) is 3.67. The van der Waals surface area contributed by atoms with Gasteiger partial charge in [-0.1, -0.05) is 0 Å². The molecule has 2 saturated heterocycles. The topological polar surface area (TPSA) is 54.0 Å². The number of rotatable bonds is 2. The first-order valence-electron chi connectivity index (χ1n) is 6.70. The van der Waals surface area contributed by atoms with Crippen LogP contribution in [0.3, 0.4) is 0 Å². The molecule has 0 saturated carbocycles. The van der Waals surface area contributed by atoms with E-state index in [9.17, 15) is 4.79 Å². The van der Waals surface area contributed by atoms with E-state index in [4.69, 9.17) is 0 Å². The Kier molecular flexibility index (Phi) is 3.14. The van der Waals surface area contributed by atoms with E-state index in [1.807, 2.05) is 12.1 Å². The fourth-order valence-corrected chi connectivity index (χ4v) is 3.34. The van der Waals surface area contributed by atoms with Gasteiger partial charge in [0, 0.05) is 18.0 Å². The highest BCUT2D eigenvalue weighted by Gasteiger charge is 2.46. The van der Waals surface area contributed by atoms with Crippen molar-refractivity contribution in [2.24, 2.45) is 5.41 Å². The Morgan fingerprint density at radius 3 is 2.78 bits per heavy atom. The number of carbonyl (C=O) groups excluding carboxylic acids is 1. The fraction of sp³-hybridized carbons (Fsp3) is 0.571. The van der Waals surface area contributed by atoms with E-state index in [-0.39, 0.29) is 17.2 Å². The summed E-state index contributed by atoms with van der Waals surface area (Å²) in [6.07, 6.45) is 6.69. The maximum absolute atomic E-state index is 12.6. The molecule has 4 nitrogen and oxygen atoms in total. The molecule has 0 aliphatic carbocycles. The van der Waals surface area contributed by atoms with Gasteiger partial charge in [-0.3, -0.25) is 9.78 Å². The van der Waals surface area contributed by atoms with Crippen molar-refractivity contribution >= 4 is 5.78 Å². The zero-order valence-electron chi connectivity index (χ0n) is 10.5. The molecule has 2 fully saturated rings. The molecule has 96 valence electrons. The molecule has 2 N–H and O–H groups in total. The summed E-state index contributed by atoms with van der Waals surface area (Å²) in [7, 11) is 0. The van der Waals surface area contributed by atoms with Gasteiger partial charge < -0.3 is 10.6 Å². The molecule has 2 aliphatic rings. The summed E-state index contributed by atoms with van der Waals surface area (Å²) in [5, 5.41) is 6.79. The predicted octanol–water partition coefficient (Wildman–Crippen LogP) is 0.996. The molecule has 1 aromatic heterocycles. The van der Waals surface area contributed by atoms with Crippen LogP contribution in [0.5, 0.6) is 0 Å². The van der Waals surface area contributed by atoms with Crippen LogP contribution in [-0.2, 0) is 0 Å². The molecule has 1 unspecified atom stereocenters. The van der Waals surface area contributed by atoms with E-state index in [2.05, 4.69) is 15.6 Å². The van der Waals surface area contributed by atoms with Crippen molar-refractivity contribution in [3.05, 3.63) is 30.1 Å². The van der Waals surface area contributed by atoms with Gasteiger partial charge in [-0.15, -0.1) is 0 Å². The Bertz CT molecular complexity index is 426.